The lowest BCUT2D eigenvalue weighted by Crippen LogP contribution is -2.25. The molecule has 0 aromatic carbocycles. The molecule has 1 fully saturated rings. The van der Waals surface area contributed by atoms with Crippen molar-refractivity contribution in [3.8, 4) is 0 Å². The molecule has 0 saturated carbocycles. The molecule has 0 bridgehead atoms. The lowest BCUT2D eigenvalue weighted by molar-refractivity contribution is -0.150. The molecular formula is C15H15ClN2O3. The van der Waals surface area contributed by atoms with Crippen molar-refractivity contribution in [1.29, 1.82) is 0 Å². The minimum atomic E-state index is -0.922. The third-order valence-electron chi connectivity index (χ3n) is 3.56. The summed E-state index contributed by atoms with van der Waals surface area (Å²) in [4.78, 5) is 8.02. The Balaban J connectivity index is 2.09. The summed E-state index contributed by atoms with van der Waals surface area (Å²) in [7, 11) is 0. The highest BCUT2D eigenvalue weighted by molar-refractivity contribution is 6.30. The second-order valence-corrected chi connectivity index (χ2v) is 5.25. The minimum Gasteiger partial charge on any atom is -0.384 e. The Kier molecular flexibility index (Phi) is 3.91. The predicted octanol–water partition coefficient (Wildman–Crippen LogP) is 2.43. The number of aliphatic hydroxyl groups is 1. The fraction of sp³-hybridized carbons (Fsp3) is 0.333. The van der Waals surface area contributed by atoms with Gasteiger partial charge in [-0.25, -0.2) is 4.98 Å². The summed E-state index contributed by atoms with van der Waals surface area (Å²) < 4.78 is 11.4. The summed E-state index contributed by atoms with van der Waals surface area (Å²) in [5.74, 6) is -0.921. The number of nitrogens with zero attached hydrogens (tertiary/aromatic N) is 2. The van der Waals surface area contributed by atoms with E-state index in [4.69, 9.17) is 21.1 Å². The number of aliphatic hydroxyl groups excluding tert-OH is 1. The average Bonchev–Trinajstić information content (AvgIpc) is 2.95. The summed E-state index contributed by atoms with van der Waals surface area (Å²) in [6.45, 7) is 2.82. The summed E-state index contributed by atoms with van der Waals surface area (Å²) in [6.07, 6.45) is 3.89. The zero-order valence-corrected chi connectivity index (χ0v) is 12.2. The summed E-state index contributed by atoms with van der Waals surface area (Å²) in [5, 5.41) is 10.9. The highest BCUT2D eigenvalue weighted by Gasteiger charge is 2.37. The Morgan fingerprint density at radius 2 is 1.86 bits per heavy atom. The van der Waals surface area contributed by atoms with Gasteiger partial charge < -0.3 is 14.6 Å². The maximum absolute atomic E-state index is 10.7. The molecule has 1 unspecified atom stereocenters. The molecule has 6 heteroatoms. The average molecular weight is 307 g/mol. The first kappa shape index (κ1) is 14.4. The Bertz CT molecular complexity index is 630. The molecule has 3 heterocycles. The van der Waals surface area contributed by atoms with E-state index in [1.807, 2.05) is 6.92 Å². The van der Waals surface area contributed by atoms with Crippen LogP contribution in [0.4, 0.5) is 0 Å². The standard InChI is InChI=1S/C15H15ClN2O3/c1-15(20-8-9-21-15)11-4-7-18-14(16)12(11)13(19)10-2-5-17-6-3-10/h2-7,13,19H,8-9H2,1H3. The molecule has 3 rings (SSSR count). The summed E-state index contributed by atoms with van der Waals surface area (Å²) >= 11 is 6.22. The van der Waals surface area contributed by atoms with Gasteiger partial charge in [-0.15, -0.1) is 0 Å². The van der Waals surface area contributed by atoms with E-state index in [1.54, 1.807) is 36.8 Å². The fourth-order valence-corrected chi connectivity index (χ4v) is 2.75. The molecule has 2 aromatic rings. The maximum Gasteiger partial charge on any atom is 0.192 e. The van der Waals surface area contributed by atoms with Crippen molar-refractivity contribution in [2.75, 3.05) is 13.2 Å². The van der Waals surface area contributed by atoms with E-state index >= 15 is 0 Å². The van der Waals surface area contributed by atoms with E-state index in [2.05, 4.69) is 9.97 Å². The van der Waals surface area contributed by atoms with Crippen LogP contribution in [-0.4, -0.2) is 28.3 Å². The van der Waals surface area contributed by atoms with Gasteiger partial charge in [0, 0.05) is 29.7 Å². The van der Waals surface area contributed by atoms with Crippen LogP contribution in [0.2, 0.25) is 5.15 Å². The van der Waals surface area contributed by atoms with Gasteiger partial charge in [0.25, 0.3) is 0 Å². The molecule has 1 N–H and O–H groups in total. The van der Waals surface area contributed by atoms with Crippen molar-refractivity contribution in [2.24, 2.45) is 0 Å². The number of aromatic nitrogens is 2. The van der Waals surface area contributed by atoms with Gasteiger partial charge in [0.15, 0.2) is 5.79 Å². The number of halogens is 1. The van der Waals surface area contributed by atoms with Gasteiger partial charge in [0.1, 0.15) is 11.3 Å². The van der Waals surface area contributed by atoms with E-state index in [0.717, 1.165) is 0 Å². The molecule has 1 atom stereocenters. The van der Waals surface area contributed by atoms with Crippen molar-refractivity contribution in [3.05, 3.63) is 58.6 Å². The predicted molar refractivity (Wildman–Crippen MR) is 76.8 cm³/mol. The Hall–Kier alpha value is -1.53. The van der Waals surface area contributed by atoms with Gasteiger partial charge in [0.05, 0.1) is 13.2 Å². The minimum absolute atomic E-state index is 0.233. The van der Waals surface area contributed by atoms with Crippen molar-refractivity contribution < 1.29 is 14.6 Å². The smallest absolute Gasteiger partial charge is 0.192 e. The van der Waals surface area contributed by atoms with Crippen LogP contribution in [0.25, 0.3) is 0 Å². The molecule has 5 nitrogen and oxygen atoms in total. The van der Waals surface area contributed by atoms with Crippen LogP contribution >= 0.6 is 11.6 Å². The highest BCUT2D eigenvalue weighted by Crippen LogP contribution is 2.39. The van der Waals surface area contributed by atoms with Crippen molar-refractivity contribution >= 4 is 11.6 Å². The Morgan fingerprint density at radius 3 is 2.52 bits per heavy atom. The van der Waals surface area contributed by atoms with Crippen LogP contribution in [0.5, 0.6) is 0 Å². The number of hydrogen-bond acceptors (Lipinski definition) is 5. The van der Waals surface area contributed by atoms with E-state index in [-0.39, 0.29) is 5.15 Å². The summed E-state index contributed by atoms with van der Waals surface area (Å²) in [6, 6.07) is 5.23. The third-order valence-corrected chi connectivity index (χ3v) is 3.87. The van der Waals surface area contributed by atoms with E-state index in [9.17, 15) is 5.11 Å². The van der Waals surface area contributed by atoms with Crippen LogP contribution in [0, 0.1) is 0 Å². The molecule has 2 aromatic heterocycles. The molecule has 1 aliphatic heterocycles. The number of pyridine rings is 2. The monoisotopic (exact) mass is 306 g/mol. The molecule has 0 radical (unpaired) electrons. The second kappa shape index (κ2) is 5.69. The van der Waals surface area contributed by atoms with Crippen LogP contribution in [0.15, 0.2) is 36.8 Å². The van der Waals surface area contributed by atoms with E-state index in [1.165, 1.54) is 0 Å². The lowest BCUT2D eigenvalue weighted by atomic mass is 9.95. The van der Waals surface area contributed by atoms with Crippen LogP contribution in [0.1, 0.15) is 29.7 Å². The van der Waals surface area contributed by atoms with E-state index < -0.39 is 11.9 Å². The van der Waals surface area contributed by atoms with Crippen LogP contribution in [0.3, 0.4) is 0 Å². The molecular weight excluding hydrogens is 292 g/mol. The molecule has 0 amide bonds. The fourth-order valence-electron chi connectivity index (χ4n) is 2.49. The topological polar surface area (TPSA) is 64.5 Å². The van der Waals surface area contributed by atoms with Gasteiger partial charge in [0.2, 0.25) is 0 Å². The number of hydrogen-bond donors (Lipinski definition) is 1. The quantitative estimate of drug-likeness (QED) is 0.882. The van der Waals surface area contributed by atoms with Gasteiger partial charge in [-0.1, -0.05) is 11.6 Å². The first-order valence-electron chi connectivity index (χ1n) is 6.62. The zero-order valence-electron chi connectivity index (χ0n) is 11.5. The Morgan fingerprint density at radius 1 is 1.19 bits per heavy atom. The van der Waals surface area contributed by atoms with Crippen molar-refractivity contribution in [3.63, 3.8) is 0 Å². The normalized spacial score (nSPS) is 18.6. The molecule has 1 saturated heterocycles. The van der Waals surface area contributed by atoms with Crippen molar-refractivity contribution in [1.82, 2.24) is 9.97 Å². The van der Waals surface area contributed by atoms with Crippen LogP contribution < -0.4 is 0 Å². The Labute approximate surface area is 127 Å². The molecule has 110 valence electrons. The second-order valence-electron chi connectivity index (χ2n) is 4.89. The van der Waals surface area contributed by atoms with Gasteiger partial charge >= 0.3 is 0 Å². The van der Waals surface area contributed by atoms with Crippen LogP contribution in [-0.2, 0) is 15.3 Å². The lowest BCUT2D eigenvalue weighted by Gasteiger charge is -2.27. The zero-order chi connectivity index (χ0) is 14.9. The molecule has 21 heavy (non-hydrogen) atoms. The van der Waals surface area contributed by atoms with Crippen molar-refractivity contribution in [2.45, 2.75) is 18.8 Å². The summed E-state index contributed by atoms with van der Waals surface area (Å²) in [5.41, 5.74) is 1.86. The van der Waals surface area contributed by atoms with Gasteiger partial charge in [-0.3, -0.25) is 4.98 Å². The first-order chi connectivity index (χ1) is 10.1. The maximum atomic E-state index is 10.7. The largest absolute Gasteiger partial charge is 0.384 e. The number of ether oxygens (including phenoxy) is 2. The molecule has 1 aliphatic rings. The SMILES string of the molecule is CC1(c2ccnc(Cl)c2C(O)c2ccncc2)OCCO1. The van der Waals surface area contributed by atoms with E-state index in [0.29, 0.717) is 29.9 Å². The first-order valence-corrected chi connectivity index (χ1v) is 7.00. The molecule has 0 spiro atoms. The molecule has 0 aliphatic carbocycles. The van der Waals surface area contributed by atoms with Gasteiger partial charge in [-0.2, -0.15) is 0 Å². The highest BCUT2D eigenvalue weighted by atomic mass is 35.5. The number of rotatable bonds is 3. The third kappa shape index (κ3) is 2.65. The van der Waals surface area contributed by atoms with Gasteiger partial charge in [-0.05, 0) is 30.7 Å².